The summed E-state index contributed by atoms with van der Waals surface area (Å²) in [6.07, 6.45) is 10.6. The topological polar surface area (TPSA) is 110 Å². The third-order valence-corrected chi connectivity index (χ3v) is 10.1. The number of nitrogens with zero attached hydrogens (tertiary/aromatic N) is 2. The van der Waals surface area contributed by atoms with Crippen molar-refractivity contribution in [3.8, 4) is 17.0 Å². The van der Waals surface area contributed by atoms with Crippen LogP contribution in [-0.2, 0) is 26.0 Å². The molecular formula is C34H38N4O5S. The van der Waals surface area contributed by atoms with Crippen LogP contribution in [-0.4, -0.2) is 57.4 Å². The lowest BCUT2D eigenvalue weighted by atomic mass is 9.81. The maximum absolute atomic E-state index is 13.4. The number of amides is 2. The molecule has 1 atom stereocenters. The first-order valence-corrected chi connectivity index (χ1v) is 16.3. The highest BCUT2D eigenvalue weighted by atomic mass is 32.2. The van der Waals surface area contributed by atoms with E-state index >= 15 is 0 Å². The molecule has 2 aromatic carbocycles. The Bertz CT molecular complexity index is 1820. The predicted molar refractivity (Wildman–Crippen MR) is 175 cm³/mol. The number of benzene rings is 2. The molecule has 1 unspecified atom stereocenters. The van der Waals surface area contributed by atoms with Gasteiger partial charge in [0.05, 0.1) is 19.3 Å². The third kappa shape index (κ3) is 5.88. The Balaban J connectivity index is 1.72. The summed E-state index contributed by atoms with van der Waals surface area (Å²) in [6.45, 7) is 8.05. The van der Waals surface area contributed by atoms with E-state index < -0.39 is 15.8 Å². The summed E-state index contributed by atoms with van der Waals surface area (Å²) in [5, 5.41) is 5.42. The van der Waals surface area contributed by atoms with Crippen molar-refractivity contribution in [1.29, 1.82) is 0 Å². The van der Waals surface area contributed by atoms with Gasteiger partial charge in [0, 0.05) is 47.7 Å². The SMILES string of the molecule is C=CCNC(=O)C1=Cc2cc(OC)ccc2-c2c(C3CCCCC3)c3ccc(C(=O)NS(=O)(=C=O)N(C)CC=C)cc3n2C1. The largest absolute Gasteiger partial charge is 0.497 e. The molecule has 2 N–H and O–H groups in total. The smallest absolute Gasteiger partial charge is 0.264 e. The van der Waals surface area contributed by atoms with E-state index in [2.05, 4.69) is 27.8 Å². The van der Waals surface area contributed by atoms with Crippen molar-refractivity contribution >= 4 is 43.9 Å². The van der Waals surface area contributed by atoms with Crippen LogP contribution in [0.3, 0.4) is 0 Å². The first-order chi connectivity index (χ1) is 21.2. The molecule has 230 valence electrons. The zero-order chi connectivity index (χ0) is 31.4. The molecule has 0 spiro atoms. The van der Waals surface area contributed by atoms with Crippen LogP contribution in [0.2, 0.25) is 0 Å². The van der Waals surface area contributed by atoms with Crippen LogP contribution < -0.4 is 14.8 Å². The van der Waals surface area contributed by atoms with Gasteiger partial charge in [0.2, 0.25) is 11.1 Å². The number of aromatic nitrogens is 1. The van der Waals surface area contributed by atoms with Crippen molar-refractivity contribution in [3.05, 3.63) is 84.0 Å². The van der Waals surface area contributed by atoms with Crippen molar-refractivity contribution in [2.24, 2.45) is 0 Å². The van der Waals surface area contributed by atoms with Crippen LogP contribution in [0.25, 0.3) is 28.2 Å². The van der Waals surface area contributed by atoms with Gasteiger partial charge in [-0.25, -0.2) is 13.3 Å². The van der Waals surface area contributed by atoms with Crippen molar-refractivity contribution in [1.82, 2.24) is 18.9 Å². The molecule has 1 saturated carbocycles. The minimum atomic E-state index is -3.61. The first-order valence-electron chi connectivity index (χ1n) is 14.8. The summed E-state index contributed by atoms with van der Waals surface area (Å²) in [5.74, 6) is 0.118. The lowest BCUT2D eigenvalue weighted by molar-refractivity contribution is -0.117. The number of carbonyl (C=O) groups is 2. The molecule has 9 nitrogen and oxygen atoms in total. The fourth-order valence-corrected chi connectivity index (χ4v) is 7.24. The normalized spacial score (nSPS) is 16.0. The molecule has 1 aliphatic heterocycles. The Hall–Kier alpha value is -4.37. The number of likely N-dealkylation sites (N-methyl/N-ethyl adjacent to an activating group) is 1. The summed E-state index contributed by atoms with van der Waals surface area (Å²) in [4.78, 5) is 38.6. The Morgan fingerprint density at radius 2 is 1.89 bits per heavy atom. The highest BCUT2D eigenvalue weighted by Gasteiger charge is 2.31. The summed E-state index contributed by atoms with van der Waals surface area (Å²) in [7, 11) is -0.535. The Labute approximate surface area is 258 Å². The molecule has 1 fully saturated rings. The molecule has 0 bridgehead atoms. The van der Waals surface area contributed by atoms with Gasteiger partial charge in [0.25, 0.3) is 5.91 Å². The number of hydrogen-bond acceptors (Lipinski definition) is 5. The number of ether oxygens (including phenoxy) is 1. The number of carbonyl (C=O) groups excluding carboxylic acids is 3. The van der Waals surface area contributed by atoms with Gasteiger partial charge < -0.3 is 14.6 Å². The van der Waals surface area contributed by atoms with Gasteiger partial charge in [-0.3, -0.25) is 14.3 Å². The van der Waals surface area contributed by atoms with Crippen LogP contribution in [0, 0.1) is 0 Å². The average molecular weight is 615 g/mol. The van der Waals surface area contributed by atoms with Crippen LogP contribution in [0.4, 0.5) is 0 Å². The number of methoxy groups -OCH3 is 1. The molecule has 2 heterocycles. The van der Waals surface area contributed by atoms with Crippen LogP contribution >= 0.6 is 0 Å². The summed E-state index contributed by atoms with van der Waals surface area (Å²) < 4.78 is 24.5. The second-order valence-corrected chi connectivity index (χ2v) is 13.2. The lowest BCUT2D eigenvalue weighted by Crippen LogP contribution is -2.42. The minimum Gasteiger partial charge on any atom is -0.497 e. The van der Waals surface area contributed by atoms with Crippen molar-refractivity contribution in [2.75, 3.05) is 27.2 Å². The minimum absolute atomic E-state index is 0.123. The maximum atomic E-state index is 13.4. The molecule has 44 heavy (non-hydrogen) atoms. The molecule has 3 aromatic rings. The standard InChI is InChI=1S/C34H38N4O5S/c1-5-16-35-33(40)26-18-25-19-27(43-4)13-15-28(25)32-31(23-10-8-7-9-11-23)29-14-12-24(20-30(29)38(32)21-26)34(41)36-44(42,22-39)37(3)17-6-2/h5-6,12-15,18-20,23H,1-2,7-11,16-17,21H2,3-4H3,(H,35,40)(H,36,41,42). The second kappa shape index (κ2) is 13.1. The fourth-order valence-electron chi connectivity index (χ4n) is 6.23. The summed E-state index contributed by atoms with van der Waals surface area (Å²) in [6, 6.07) is 11.3. The molecule has 2 aliphatic rings. The van der Waals surface area contributed by atoms with Gasteiger partial charge in [-0.1, -0.05) is 37.5 Å². The van der Waals surface area contributed by atoms with E-state index in [9.17, 15) is 18.6 Å². The van der Waals surface area contributed by atoms with Gasteiger partial charge in [0.1, 0.15) is 5.75 Å². The van der Waals surface area contributed by atoms with Crippen LogP contribution in [0.15, 0.2) is 67.3 Å². The van der Waals surface area contributed by atoms with Gasteiger partial charge in [-0.15, -0.1) is 13.2 Å². The molecule has 10 heteroatoms. The van der Waals surface area contributed by atoms with Crippen molar-refractivity contribution in [2.45, 2.75) is 44.6 Å². The van der Waals surface area contributed by atoms with Crippen LogP contribution in [0.1, 0.15) is 59.5 Å². The number of nitrogens with one attached hydrogen (secondary N) is 2. The summed E-state index contributed by atoms with van der Waals surface area (Å²) in [5.41, 5.74) is 5.63. The van der Waals surface area contributed by atoms with E-state index in [0.717, 1.165) is 53.4 Å². The maximum Gasteiger partial charge on any atom is 0.264 e. The molecule has 1 aromatic heterocycles. The van der Waals surface area contributed by atoms with Gasteiger partial charge in [0.15, 0.2) is 9.89 Å². The first kappa shape index (κ1) is 31.1. The van der Waals surface area contributed by atoms with E-state index in [0.29, 0.717) is 23.8 Å². The number of fused-ring (bicyclic) bond motifs is 5. The lowest BCUT2D eigenvalue weighted by Gasteiger charge is -2.24. The van der Waals surface area contributed by atoms with E-state index in [4.69, 9.17) is 4.74 Å². The van der Waals surface area contributed by atoms with E-state index in [1.165, 1.54) is 34.6 Å². The zero-order valence-electron chi connectivity index (χ0n) is 25.2. The zero-order valence-corrected chi connectivity index (χ0v) is 26.0. The highest BCUT2D eigenvalue weighted by molar-refractivity contribution is 7.97. The van der Waals surface area contributed by atoms with Gasteiger partial charge >= 0.3 is 0 Å². The van der Waals surface area contributed by atoms with Crippen molar-refractivity contribution < 1.29 is 23.3 Å². The monoisotopic (exact) mass is 614 g/mol. The predicted octanol–water partition coefficient (Wildman–Crippen LogP) is 5.09. The molecule has 1 aliphatic carbocycles. The highest BCUT2D eigenvalue weighted by Crippen LogP contribution is 2.47. The second-order valence-electron chi connectivity index (χ2n) is 11.2. The Morgan fingerprint density at radius 1 is 1.11 bits per heavy atom. The number of hydrogen-bond donors (Lipinski definition) is 2. The quantitative estimate of drug-likeness (QED) is 0.244. The molecule has 2 amide bonds. The van der Waals surface area contributed by atoms with Crippen LogP contribution in [0.5, 0.6) is 5.75 Å². The van der Waals surface area contributed by atoms with Crippen molar-refractivity contribution in [3.63, 3.8) is 0 Å². The summed E-state index contributed by atoms with van der Waals surface area (Å²) >= 11 is 0. The molecular weight excluding hydrogens is 576 g/mol. The fraction of sp³-hybridized carbons (Fsp3) is 0.324. The number of rotatable bonds is 10. The van der Waals surface area contributed by atoms with Gasteiger partial charge in [-0.2, -0.15) is 0 Å². The molecule has 5 rings (SSSR count). The molecule has 0 saturated heterocycles. The van der Waals surface area contributed by atoms with E-state index in [-0.39, 0.29) is 24.6 Å². The Kier molecular flexibility index (Phi) is 9.25. The molecule has 0 radical (unpaired) electrons. The van der Waals surface area contributed by atoms with Gasteiger partial charge in [-0.05, 0) is 66.3 Å². The van der Waals surface area contributed by atoms with E-state index in [1.807, 2.05) is 30.3 Å². The van der Waals surface area contributed by atoms with E-state index in [1.54, 1.807) is 25.3 Å². The third-order valence-electron chi connectivity index (χ3n) is 8.42. The Morgan fingerprint density at radius 3 is 2.57 bits per heavy atom. The average Bonchev–Trinajstić information content (AvgIpc) is 3.25.